The van der Waals surface area contributed by atoms with E-state index < -0.39 is 0 Å². The predicted octanol–water partition coefficient (Wildman–Crippen LogP) is 3.01. The Morgan fingerprint density at radius 2 is 1.68 bits per heavy atom. The maximum atomic E-state index is 12.4. The number of anilines is 1. The zero-order valence-electron chi connectivity index (χ0n) is 17.0. The zero-order valence-corrected chi connectivity index (χ0v) is 17.9. The molecule has 2 heterocycles. The van der Waals surface area contributed by atoms with Gasteiger partial charge in [-0.15, -0.1) is 0 Å². The van der Waals surface area contributed by atoms with Gasteiger partial charge in [-0.2, -0.15) is 0 Å². The van der Waals surface area contributed by atoms with Gasteiger partial charge in [-0.05, 0) is 12.1 Å². The summed E-state index contributed by atoms with van der Waals surface area (Å²) in [6, 6.07) is 18.8. The first-order chi connectivity index (χ1) is 15.2. The Labute approximate surface area is 185 Å². The van der Waals surface area contributed by atoms with E-state index in [1.807, 2.05) is 36.4 Å². The van der Waals surface area contributed by atoms with Crippen molar-refractivity contribution in [2.75, 3.05) is 38.2 Å². The first-order valence-electron chi connectivity index (χ1n) is 10.2. The van der Waals surface area contributed by atoms with Gasteiger partial charge >= 0.3 is 0 Å². The summed E-state index contributed by atoms with van der Waals surface area (Å²) in [5.74, 6) is -0.594. The summed E-state index contributed by atoms with van der Waals surface area (Å²) in [4.78, 5) is 32.7. The molecule has 8 heteroatoms. The van der Waals surface area contributed by atoms with Gasteiger partial charge in [0, 0.05) is 35.6 Å². The number of morpholine rings is 1. The molecule has 1 aliphatic rings. The Kier molecular flexibility index (Phi) is 7.03. The van der Waals surface area contributed by atoms with E-state index >= 15 is 0 Å². The van der Waals surface area contributed by atoms with E-state index in [1.54, 1.807) is 24.3 Å². The fourth-order valence-electron chi connectivity index (χ4n) is 3.31. The van der Waals surface area contributed by atoms with Crippen LogP contribution in [0.4, 0.5) is 5.13 Å². The number of carbonyl (C=O) groups excluding carboxylic acids is 2. The fourth-order valence-corrected chi connectivity index (χ4v) is 4.35. The second-order valence-electron chi connectivity index (χ2n) is 7.14. The Balaban J connectivity index is 1.43. The van der Waals surface area contributed by atoms with Crippen LogP contribution in [0, 0.1) is 0 Å². The molecule has 0 unspecified atom stereocenters. The van der Waals surface area contributed by atoms with Crippen LogP contribution in [0.1, 0.15) is 15.2 Å². The number of rotatable bonds is 7. The number of amides is 2. The van der Waals surface area contributed by atoms with Crippen LogP contribution in [0.3, 0.4) is 0 Å². The Morgan fingerprint density at radius 3 is 2.39 bits per heavy atom. The summed E-state index contributed by atoms with van der Waals surface area (Å²) >= 11 is 1.47. The summed E-state index contributed by atoms with van der Waals surface area (Å²) in [5.41, 5.74) is 2.41. The van der Waals surface area contributed by atoms with Crippen molar-refractivity contribution in [3.05, 3.63) is 71.1 Å². The number of carbonyl (C=O) groups is 2. The van der Waals surface area contributed by atoms with Crippen LogP contribution in [0.25, 0.3) is 11.3 Å². The molecule has 4 rings (SSSR count). The van der Waals surface area contributed by atoms with E-state index in [2.05, 4.69) is 20.5 Å². The molecule has 1 saturated heterocycles. The van der Waals surface area contributed by atoms with Crippen LogP contribution in [0.5, 0.6) is 0 Å². The molecule has 0 atom stereocenters. The quantitative estimate of drug-likeness (QED) is 0.595. The summed E-state index contributed by atoms with van der Waals surface area (Å²) < 4.78 is 5.44. The average molecular weight is 437 g/mol. The number of benzene rings is 2. The van der Waals surface area contributed by atoms with Gasteiger partial charge in [-0.1, -0.05) is 59.9 Å². The monoisotopic (exact) mass is 436 g/mol. The summed E-state index contributed by atoms with van der Waals surface area (Å²) in [6.07, 6.45) is 0. The first-order valence-corrected chi connectivity index (χ1v) is 11.0. The lowest BCUT2D eigenvalue weighted by atomic mass is 10.1. The molecule has 0 spiro atoms. The van der Waals surface area contributed by atoms with Crippen molar-refractivity contribution in [1.29, 1.82) is 0 Å². The van der Waals surface area contributed by atoms with Crippen LogP contribution in [0.2, 0.25) is 0 Å². The third-order valence-electron chi connectivity index (χ3n) is 4.91. The van der Waals surface area contributed by atoms with E-state index in [9.17, 15) is 9.59 Å². The minimum absolute atomic E-state index is 0.118. The number of nitrogens with one attached hydrogen (secondary N) is 2. The number of thiazole rings is 1. The van der Waals surface area contributed by atoms with Gasteiger partial charge in [0.05, 0.1) is 25.5 Å². The van der Waals surface area contributed by atoms with Gasteiger partial charge in [0.2, 0.25) is 5.91 Å². The molecule has 1 aliphatic heterocycles. The third-order valence-corrected chi connectivity index (χ3v) is 5.86. The molecular weight excluding hydrogens is 412 g/mol. The minimum atomic E-state index is -0.310. The van der Waals surface area contributed by atoms with Crippen LogP contribution < -0.4 is 10.6 Å². The molecule has 0 radical (unpaired) electrons. The Morgan fingerprint density at radius 1 is 1.00 bits per heavy atom. The Bertz CT molecular complexity index is 1020. The predicted molar refractivity (Wildman–Crippen MR) is 121 cm³/mol. The van der Waals surface area contributed by atoms with Crippen LogP contribution in [-0.4, -0.2) is 54.5 Å². The van der Waals surface area contributed by atoms with Gasteiger partial charge in [-0.3, -0.25) is 14.5 Å². The van der Waals surface area contributed by atoms with Crippen molar-refractivity contribution < 1.29 is 14.3 Å². The molecule has 31 heavy (non-hydrogen) atoms. The second-order valence-corrected chi connectivity index (χ2v) is 8.23. The molecular formula is C23H24N4O3S. The van der Waals surface area contributed by atoms with Crippen LogP contribution in [0.15, 0.2) is 60.7 Å². The SMILES string of the molecule is O=C(CNC(=O)c1ccccc1)Nc1nc(-c2ccccc2)c(CN2CCOCC2)s1. The van der Waals surface area contributed by atoms with Crippen LogP contribution >= 0.6 is 11.3 Å². The normalized spacial score (nSPS) is 14.2. The Hall–Kier alpha value is -3.07. The maximum absolute atomic E-state index is 12.4. The molecule has 2 N–H and O–H groups in total. The van der Waals surface area contributed by atoms with E-state index in [4.69, 9.17) is 4.74 Å². The molecule has 1 fully saturated rings. The second kappa shape index (κ2) is 10.3. The van der Waals surface area contributed by atoms with Gasteiger partial charge < -0.3 is 15.4 Å². The van der Waals surface area contributed by atoms with Gasteiger partial charge in [0.25, 0.3) is 5.91 Å². The molecule has 1 aromatic heterocycles. The van der Waals surface area contributed by atoms with E-state index in [1.165, 1.54) is 11.3 Å². The van der Waals surface area contributed by atoms with Crippen molar-refractivity contribution in [3.8, 4) is 11.3 Å². The topological polar surface area (TPSA) is 83.6 Å². The number of aromatic nitrogens is 1. The lowest BCUT2D eigenvalue weighted by Crippen LogP contribution is -2.35. The highest BCUT2D eigenvalue weighted by Crippen LogP contribution is 2.32. The van der Waals surface area contributed by atoms with E-state index in [0.29, 0.717) is 10.7 Å². The highest BCUT2D eigenvalue weighted by atomic mass is 32.1. The largest absolute Gasteiger partial charge is 0.379 e. The number of hydrogen-bond acceptors (Lipinski definition) is 6. The van der Waals surface area contributed by atoms with Crippen LogP contribution in [-0.2, 0) is 16.1 Å². The first kappa shape index (κ1) is 21.2. The molecule has 2 amide bonds. The summed E-state index contributed by atoms with van der Waals surface area (Å²) in [5, 5.41) is 6.00. The smallest absolute Gasteiger partial charge is 0.251 e. The molecule has 7 nitrogen and oxygen atoms in total. The molecule has 160 valence electrons. The lowest BCUT2D eigenvalue weighted by Gasteiger charge is -2.26. The fraction of sp³-hybridized carbons (Fsp3) is 0.261. The van der Waals surface area contributed by atoms with Crippen molar-refractivity contribution in [2.45, 2.75) is 6.54 Å². The van der Waals surface area contributed by atoms with Crippen molar-refractivity contribution in [1.82, 2.24) is 15.2 Å². The lowest BCUT2D eigenvalue weighted by molar-refractivity contribution is -0.115. The maximum Gasteiger partial charge on any atom is 0.251 e. The summed E-state index contributed by atoms with van der Waals surface area (Å²) in [7, 11) is 0. The van der Waals surface area contributed by atoms with Gasteiger partial charge in [-0.25, -0.2) is 4.98 Å². The van der Waals surface area contributed by atoms with Crippen molar-refractivity contribution in [3.63, 3.8) is 0 Å². The third kappa shape index (κ3) is 5.75. The molecule has 0 aliphatic carbocycles. The standard InChI is InChI=1S/C23H24N4O3S/c28-20(15-24-22(29)18-9-5-2-6-10-18)25-23-26-21(17-7-3-1-4-8-17)19(31-23)16-27-11-13-30-14-12-27/h1-10H,11-16H2,(H,24,29)(H,25,26,28). The van der Waals surface area contributed by atoms with E-state index in [-0.39, 0.29) is 18.4 Å². The number of ether oxygens (including phenoxy) is 1. The highest BCUT2D eigenvalue weighted by Gasteiger charge is 2.19. The molecule has 2 aromatic carbocycles. The highest BCUT2D eigenvalue weighted by molar-refractivity contribution is 7.16. The molecule has 3 aromatic rings. The van der Waals surface area contributed by atoms with E-state index in [0.717, 1.165) is 49.0 Å². The minimum Gasteiger partial charge on any atom is -0.379 e. The average Bonchev–Trinajstić information content (AvgIpc) is 3.21. The molecule has 0 saturated carbocycles. The van der Waals surface area contributed by atoms with Crippen molar-refractivity contribution >= 4 is 28.3 Å². The van der Waals surface area contributed by atoms with Crippen molar-refractivity contribution in [2.24, 2.45) is 0 Å². The number of hydrogen-bond donors (Lipinski definition) is 2. The van der Waals surface area contributed by atoms with Gasteiger partial charge in [0.1, 0.15) is 0 Å². The van der Waals surface area contributed by atoms with Gasteiger partial charge in [0.15, 0.2) is 5.13 Å². The summed E-state index contributed by atoms with van der Waals surface area (Å²) in [6.45, 7) is 3.84. The number of nitrogens with zero attached hydrogens (tertiary/aromatic N) is 2. The zero-order chi connectivity index (χ0) is 21.5. The molecule has 0 bridgehead atoms.